The Bertz CT molecular complexity index is 613. The minimum absolute atomic E-state index is 0.176. The number of ether oxygens (including phenoxy) is 3. The summed E-state index contributed by atoms with van der Waals surface area (Å²) in [5.74, 6) is -2.45. The first-order valence-electron chi connectivity index (χ1n) is 10.8. The van der Waals surface area contributed by atoms with Crippen molar-refractivity contribution in [3.63, 3.8) is 0 Å². The van der Waals surface area contributed by atoms with Gasteiger partial charge < -0.3 is 19.3 Å². The van der Waals surface area contributed by atoms with Crippen LogP contribution in [0.4, 0.5) is 0 Å². The van der Waals surface area contributed by atoms with Crippen LogP contribution in [0.3, 0.4) is 0 Å². The first-order chi connectivity index (χ1) is 14.4. The summed E-state index contributed by atoms with van der Waals surface area (Å²) in [4.78, 5) is 46.4. The monoisotopic (exact) mass is 424 g/mol. The highest BCUT2D eigenvalue weighted by atomic mass is 16.5. The van der Waals surface area contributed by atoms with Crippen LogP contribution < -0.4 is 0 Å². The molecule has 2 aliphatic carbocycles. The van der Waals surface area contributed by atoms with Crippen molar-refractivity contribution < 1.29 is 38.5 Å². The van der Waals surface area contributed by atoms with E-state index in [0.717, 1.165) is 6.08 Å². The van der Waals surface area contributed by atoms with Gasteiger partial charge in [0.1, 0.15) is 6.10 Å². The maximum absolute atomic E-state index is 12.3. The molecule has 0 spiro atoms. The molecule has 0 radical (unpaired) electrons. The van der Waals surface area contributed by atoms with Crippen LogP contribution in [0, 0.1) is 17.8 Å². The molecule has 2 fully saturated rings. The van der Waals surface area contributed by atoms with Crippen LogP contribution in [0.2, 0.25) is 0 Å². The van der Waals surface area contributed by atoms with Crippen molar-refractivity contribution in [3.05, 3.63) is 12.7 Å². The Morgan fingerprint density at radius 3 is 1.83 bits per heavy atom. The van der Waals surface area contributed by atoms with Gasteiger partial charge in [-0.1, -0.05) is 6.58 Å². The molecule has 0 aromatic heterocycles. The second-order valence-electron chi connectivity index (χ2n) is 8.04. The van der Waals surface area contributed by atoms with E-state index in [4.69, 9.17) is 19.3 Å². The zero-order chi connectivity index (χ0) is 21.9. The van der Waals surface area contributed by atoms with Crippen LogP contribution in [0.5, 0.6) is 0 Å². The summed E-state index contributed by atoms with van der Waals surface area (Å²) in [6, 6.07) is 0. The van der Waals surface area contributed by atoms with E-state index in [0.29, 0.717) is 70.8 Å². The minimum atomic E-state index is -0.789. The topological polar surface area (TPSA) is 116 Å². The molecule has 0 amide bonds. The molecule has 8 nitrogen and oxygen atoms in total. The lowest BCUT2D eigenvalue weighted by atomic mass is 9.82. The molecule has 8 heteroatoms. The van der Waals surface area contributed by atoms with Crippen LogP contribution in [0.1, 0.15) is 64.2 Å². The Labute approximate surface area is 176 Å². The van der Waals surface area contributed by atoms with Gasteiger partial charge in [0, 0.05) is 6.08 Å². The standard InChI is InChI=1S/C22H32O8/c1-2-19(23)28-13-3-4-14-29-21(26)16-9-11-18(12-10-16)30-22(27)17-7-5-15(6-8-17)20(24)25/h2,15-18H,1,3-14H2,(H,24,25)/t15-,16-,17-,18-. The van der Waals surface area contributed by atoms with Gasteiger partial charge in [-0.25, -0.2) is 4.79 Å². The summed E-state index contributed by atoms with van der Waals surface area (Å²) in [7, 11) is 0. The van der Waals surface area contributed by atoms with Gasteiger partial charge in [-0.2, -0.15) is 0 Å². The van der Waals surface area contributed by atoms with Crippen molar-refractivity contribution in [2.45, 2.75) is 70.3 Å². The molecule has 0 aromatic rings. The third kappa shape index (κ3) is 7.80. The van der Waals surface area contributed by atoms with Gasteiger partial charge in [0.15, 0.2) is 0 Å². The summed E-state index contributed by atoms with van der Waals surface area (Å²) in [5, 5.41) is 9.04. The van der Waals surface area contributed by atoms with Crippen molar-refractivity contribution in [3.8, 4) is 0 Å². The molecule has 0 aliphatic heterocycles. The Hall–Kier alpha value is -2.38. The van der Waals surface area contributed by atoms with Gasteiger partial charge in [-0.15, -0.1) is 0 Å². The van der Waals surface area contributed by atoms with Gasteiger partial charge in [0.2, 0.25) is 0 Å². The molecule has 2 aliphatic rings. The third-order valence-corrected chi connectivity index (χ3v) is 5.89. The molecule has 0 saturated heterocycles. The van der Waals surface area contributed by atoms with Crippen molar-refractivity contribution in [2.24, 2.45) is 17.8 Å². The molecule has 0 bridgehead atoms. The third-order valence-electron chi connectivity index (χ3n) is 5.89. The molecule has 30 heavy (non-hydrogen) atoms. The first kappa shape index (κ1) is 23.9. The van der Waals surface area contributed by atoms with E-state index in [-0.39, 0.29) is 42.4 Å². The predicted octanol–water partition coefficient (Wildman–Crippen LogP) is 3.03. The lowest BCUT2D eigenvalue weighted by molar-refractivity contribution is -0.160. The zero-order valence-corrected chi connectivity index (χ0v) is 17.4. The van der Waals surface area contributed by atoms with Crippen molar-refractivity contribution in [2.75, 3.05) is 13.2 Å². The molecule has 0 aromatic carbocycles. The Kier molecular flexibility index (Phi) is 9.83. The average Bonchev–Trinajstić information content (AvgIpc) is 2.76. The smallest absolute Gasteiger partial charge is 0.330 e. The Morgan fingerprint density at radius 1 is 0.767 bits per heavy atom. The quantitative estimate of drug-likeness (QED) is 0.246. The van der Waals surface area contributed by atoms with Gasteiger partial charge in [0.25, 0.3) is 0 Å². The summed E-state index contributed by atoms with van der Waals surface area (Å²) in [5.41, 5.74) is 0. The van der Waals surface area contributed by atoms with Crippen molar-refractivity contribution in [1.82, 2.24) is 0 Å². The predicted molar refractivity (Wildman–Crippen MR) is 106 cm³/mol. The highest BCUT2D eigenvalue weighted by Gasteiger charge is 2.34. The molecule has 0 unspecified atom stereocenters. The highest BCUT2D eigenvalue weighted by Crippen LogP contribution is 2.32. The van der Waals surface area contributed by atoms with Gasteiger partial charge in [0.05, 0.1) is 31.0 Å². The number of carbonyl (C=O) groups excluding carboxylic acids is 3. The Morgan fingerprint density at radius 2 is 1.27 bits per heavy atom. The lowest BCUT2D eigenvalue weighted by Gasteiger charge is -2.30. The van der Waals surface area contributed by atoms with E-state index < -0.39 is 11.9 Å². The lowest BCUT2D eigenvalue weighted by Crippen LogP contribution is -2.32. The normalized spacial score (nSPS) is 26.3. The van der Waals surface area contributed by atoms with Crippen LogP contribution in [0.25, 0.3) is 0 Å². The number of hydrogen-bond donors (Lipinski definition) is 1. The first-order valence-corrected chi connectivity index (χ1v) is 10.8. The molecule has 168 valence electrons. The Balaban J connectivity index is 1.57. The molecule has 0 heterocycles. The highest BCUT2D eigenvalue weighted by molar-refractivity contribution is 5.81. The van der Waals surface area contributed by atoms with E-state index in [1.165, 1.54) is 0 Å². The molecule has 1 N–H and O–H groups in total. The fourth-order valence-electron chi connectivity index (χ4n) is 3.98. The zero-order valence-electron chi connectivity index (χ0n) is 17.4. The number of unbranched alkanes of at least 4 members (excludes halogenated alkanes) is 1. The number of esters is 3. The number of hydrogen-bond acceptors (Lipinski definition) is 7. The molecule has 2 rings (SSSR count). The van der Waals surface area contributed by atoms with Crippen LogP contribution in [-0.4, -0.2) is 48.3 Å². The number of rotatable bonds is 10. The van der Waals surface area contributed by atoms with Gasteiger partial charge in [-0.3, -0.25) is 14.4 Å². The van der Waals surface area contributed by atoms with Gasteiger partial charge in [-0.05, 0) is 64.2 Å². The number of carboxylic acid groups (broad SMARTS) is 1. The minimum Gasteiger partial charge on any atom is -0.481 e. The fourth-order valence-corrected chi connectivity index (χ4v) is 3.98. The summed E-state index contributed by atoms with van der Waals surface area (Å²) >= 11 is 0. The van der Waals surface area contributed by atoms with Gasteiger partial charge >= 0.3 is 23.9 Å². The average molecular weight is 424 g/mol. The molecule has 0 atom stereocenters. The second kappa shape index (κ2) is 12.3. The van der Waals surface area contributed by atoms with E-state index >= 15 is 0 Å². The fraction of sp³-hybridized carbons (Fsp3) is 0.727. The van der Waals surface area contributed by atoms with E-state index in [2.05, 4.69) is 6.58 Å². The summed E-state index contributed by atoms with van der Waals surface area (Å²) in [6.45, 7) is 3.88. The summed E-state index contributed by atoms with van der Waals surface area (Å²) < 4.78 is 15.8. The van der Waals surface area contributed by atoms with Crippen LogP contribution >= 0.6 is 0 Å². The van der Waals surface area contributed by atoms with Crippen molar-refractivity contribution in [1.29, 1.82) is 0 Å². The summed E-state index contributed by atoms with van der Waals surface area (Å²) in [6.07, 6.45) is 6.83. The maximum atomic E-state index is 12.3. The van der Waals surface area contributed by atoms with E-state index in [1.807, 2.05) is 0 Å². The molecular weight excluding hydrogens is 392 g/mol. The maximum Gasteiger partial charge on any atom is 0.330 e. The van der Waals surface area contributed by atoms with Crippen molar-refractivity contribution >= 4 is 23.9 Å². The molecule has 2 saturated carbocycles. The number of carbonyl (C=O) groups is 4. The number of carboxylic acids is 1. The molecular formula is C22H32O8. The largest absolute Gasteiger partial charge is 0.481 e. The van der Waals surface area contributed by atoms with E-state index in [1.54, 1.807) is 0 Å². The van der Waals surface area contributed by atoms with Crippen LogP contribution in [0.15, 0.2) is 12.7 Å². The van der Waals surface area contributed by atoms with E-state index in [9.17, 15) is 19.2 Å². The SMILES string of the molecule is C=CC(=O)OCCCCOC(=O)[C@H]1CC[C@H](OC(=O)[C@H]2CC[C@H](C(=O)O)CC2)CC1. The number of aliphatic carboxylic acids is 1. The second-order valence-corrected chi connectivity index (χ2v) is 8.04. The van der Waals surface area contributed by atoms with Crippen LogP contribution in [-0.2, 0) is 33.4 Å².